The van der Waals surface area contributed by atoms with Gasteiger partial charge in [-0.25, -0.2) is 13.2 Å². The number of carbonyl (C=O) groups excluding carboxylic acids is 3. The Kier molecular flexibility index (Phi) is 5.09. The van der Waals surface area contributed by atoms with E-state index in [9.17, 15) is 22.8 Å². The molecule has 0 aliphatic carbocycles. The number of imide groups is 1. The lowest BCUT2D eigenvalue weighted by molar-refractivity contribution is -0.139. The Balaban J connectivity index is 1.73. The number of methoxy groups -OCH3 is 1. The molecule has 2 aliphatic rings. The predicted octanol–water partition coefficient (Wildman–Crippen LogP) is 0.108. The Morgan fingerprint density at radius 1 is 1.32 bits per heavy atom. The number of amides is 4. The van der Waals surface area contributed by atoms with Crippen LogP contribution in [0.5, 0.6) is 5.75 Å². The zero-order valence-electron chi connectivity index (χ0n) is 16.0. The molecule has 0 saturated carbocycles. The third-order valence-corrected chi connectivity index (χ3v) is 7.14. The average molecular weight is 409 g/mol. The SMILES string of the molecule is COc1ccc([C@]2(C)NC(=O)N(CC(=O)N(C)[C@H]3CCS(=O)(=O)C3)C2=O)cc1. The maximum atomic E-state index is 12.9. The summed E-state index contributed by atoms with van der Waals surface area (Å²) >= 11 is 0. The fraction of sp³-hybridized carbons (Fsp3) is 0.500. The summed E-state index contributed by atoms with van der Waals surface area (Å²) in [6.45, 7) is 1.14. The van der Waals surface area contributed by atoms with E-state index in [1.54, 1.807) is 31.2 Å². The minimum absolute atomic E-state index is 0.0357. The quantitative estimate of drug-likeness (QED) is 0.691. The number of hydrogen-bond donors (Lipinski definition) is 1. The summed E-state index contributed by atoms with van der Waals surface area (Å²) in [6, 6.07) is 5.62. The van der Waals surface area contributed by atoms with E-state index in [0.717, 1.165) is 4.90 Å². The van der Waals surface area contributed by atoms with E-state index < -0.39 is 45.8 Å². The largest absolute Gasteiger partial charge is 0.497 e. The molecule has 2 aliphatic heterocycles. The molecule has 152 valence electrons. The molecule has 0 spiro atoms. The van der Waals surface area contributed by atoms with Crippen LogP contribution < -0.4 is 10.1 Å². The van der Waals surface area contributed by atoms with Gasteiger partial charge in [0.1, 0.15) is 17.8 Å². The van der Waals surface area contributed by atoms with Crippen molar-refractivity contribution in [3.05, 3.63) is 29.8 Å². The third kappa shape index (κ3) is 3.56. The number of nitrogens with zero attached hydrogens (tertiary/aromatic N) is 2. The maximum absolute atomic E-state index is 12.9. The molecular formula is C18H23N3O6S. The van der Waals surface area contributed by atoms with Crippen molar-refractivity contribution < 1.29 is 27.5 Å². The summed E-state index contributed by atoms with van der Waals surface area (Å²) in [7, 11) is -0.126. The molecule has 0 bridgehead atoms. The summed E-state index contributed by atoms with van der Waals surface area (Å²) in [5.41, 5.74) is -0.726. The maximum Gasteiger partial charge on any atom is 0.325 e. The van der Waals surface area contributed by atoms with E-state index >= 15 is 0 Å². The fourth-order valence-corrected chi connectivity index (χ4v) is 5.27. The van der Waals surface area contributed by atoms with Gasteiger partial charge in [0.15, 0.2) is 9.84 Å². The molecule has 2 saturated heterocycles. The molecule has 1 aromatic rings. The molecule has 10 heteroatoms. The average Bonchev–Trinajstić information content (AvgIpc) is 3.13. The van der Waals surface area contributed by atoms with Gasteiger partial charge >= 0.3 is 6.03 Å². The predicted molar refractivity (Wildman–Crippen MR) is 100 cm³/mol. The van der Waals surface area contributed by atoms with Crippen molar-refractivity contribution in [1.29, 1.82) is 0 Å². The Bertz CT molecular complexity index is 914. The second kappa shape index (κ2) is 7.08. The molecule has 1 aromatic carbocycles. The van der Waals surface area contributed by atoms with Crippen LogP contribution in [0.25, 0.3) is 0 Å². The van der Waals surface area contributed by atoms with Crippen LogP contribution in [0.1, 0.15) is 18.9 Å². The van der Waals surface area contributed by atoms with Crippen molar-refractivity contribution in [2.24, 2.45) is 0 Å². The van der Waals surface area contributed by atoms with Crippen molar-refractivity contribution in [3.63, 3.8) is 0 Å². The summed E-state index contributed by atoms with van der Waals surface area (Å²) in [5.74, 6) is -0.468. The molecule has 0 unspecified atom stereocenters. The van der Waals surface area contributed by atoms with Crippen molar-refractivity contribution in [1.82, 2.24) is 15.1 Å². The van der Waals surface area contributed by atoms with E-state index in [1.165, 1.54) is 19.1 Å². The molecule has 2 fully saturated rings. The summed E-state index contributed by atoms with van der Waals surface area (Å²) in [6.07, 6.45) is 0.355. The molecule has 2 heterocycles. The lowest BCUT2D eigenvalue weighted by Gasteiger charge is -2.26. The van der Waals surface area contributed by atoms with Gasteiger partial charge in [-0.05, 0) is 31.0 Å². The molecule has 0 radical (unpaired) electrons. The Hall–Kier alpha value is -2.62. The van der Waals surface area contributed by atoms with Crippen LogP contribution in [0.2, 0.25) is 0 Å². The molecule has 1 N–H and O–H groups in total. The van der Waals surface area contributed by atoms with Crippen molar-refractivity contribution in [2.45, 2.75) is 24.9 Å². The van der Waals surface area contributed by atoms with Gasteiger partial charge in [-0.1, -0.05) is 12.1 Å². The zero-order valence-corrected chi connectivity index (χ0v) is 16.8. The highest BCUT2D eigenvalue weighted by molar-refractivity contribution is 7.91. The van der Waals surface area contributed by atoms with Crippen LogP contribution in [0.3, 0.4) is 0 Å². The van der Waals surface area contributed by atoms with Gasteiger partial charge in [-0.2, -0.15) is 0 Å². The van der Waals surface area contributed by atoms with E-state index in [0.29, 0.717) is 17.7 Å². The molecule has 9 nitrogen and oxygen atoms in total. The first-order chi connectivity index (χ1) is 13.1. The highest BCUT2D eigenvalue weighted by Gasteiger charge is 2.50. The molecule has 3 rings (SSSR count). The summed E-state index contributed by atoms with van der Waals surface area (Å²) in [4.78, 5) is 40.0. The number of benzene rings is 1. The number of rotatable bonds is 5. The van der Waals surface area contributed by atoms with Gasteiger partial charge in [0.25, 0.3) is 5.91 Å². The van der Waals surface area contributed by atoms with Gasteiger partial charge in [0, 0.05) is 13.1 Å². The molecule has 2 atom stereocenters. The zero-order chi connectivity index (χ0) is 20.7. The van der Waals surface area contributed by atoms with Gasteiger partial charge in [0.05, 0.1) is 18.6 Å². The third-order valence-electron chi connectivity index (χ3n) is 5.39. The summed E-state index contributed by atoms with van der Waals surface area (Å²) < 4.78 is 28.4. The van der Waals surface area contributed by atoms with Gasteiger partial charge in [0.2, 0.25) is 5.91 Å². The molecular weight excluding hydrogens is 386 g/mol. The van der Waals surface area contributed by atoms with Crippen LogP contribution >= 0.6 is 0 Å². The minimum Gasteiger partial charge on any atom is -0.497 e. The van der Waals surface area contributed by atoms with Gasteiger partial charge in [-0.3, -0.25) is 14.5 Å². The Morgan fingerprint density at radius 2 is 1.96 bits per heavy atom. The van der Waals surface area contributed by atoms with Crippen LogP contribution in [0.4, 0.5) is 4.79 Å². The standard InChI is InChI=1S/C18H23N3O6S/c1-18(12-4-6-14(27-3)7-5-12)16(23)21(17(24)19-18)10-15(22)20(2)13-8-9-28(25,26)11-13/h4-7,13H,8-11H2,1-3H3,(H,19,24)/t13-,18-/m0/s1. The molecule has 4 amide bonds. The highest BCUT2D eigenvalue weighted by atomic mass is 32.2. The van der Waals surface area contributed by atoms with Crippen molar-refractivity contribution in [2.75, 3.05) is 32.2 Å². The first-order valence-electron chi connectivity index (χ1n) is 8.82. The topological polar surface area (TPSA) is 113 Å². The van der Waals surface area contributed by atoms with Crippen LogP contribution in [0.15, 0.2) is 24.3 Å². The van der Waals surface area contributed by atoms with E-state index in [2.05, 4.69) is 5.32 Å². The van der Waals surface area contributed by atoms with Gasteiger partial charge < -0.3 is 15.0 Å². The van der Waals surface area contributed by atoms with Crippen LogP contribution in [-0.2, 0) is 25.0 Å². The number of urea groups is 1. The normalized spacial score (nSPS) is 26.2. The highest BCUT2D eigenvalue weighted by Crippen LogP contribution is 2.30. The first-order valence-corrected chi connectivity index (χ1v) is 10.6. The van der Waals surface area contributed by atoms with Gasteiger partial charge in [-0.15, -0.1) is 0 Å². The minimum atomic E-state index is -3.15. The van der Waals surface area contributed by atoms with E-state index in [-0.39, 0.29) is 11.5 Å². The van der Waals surface area contributed by atoms with Crippen LogP contribution in [-0.4, -0.2) is 74.3 Å². The Morgan fingerprint density at radius 3 is 2.50 bits per heavy atom. The number of sulfone groups is 1. The van der Waals surface area contributed by atoms with Crippen LogP contribution in [0, 0.1) is 0 Å². The molecule has 0 aromatic heterocycles. The van der Waals surface area contributed by atoms with Crippen molar-refractivity contribution >= 4 is 27.7 Å². The number of likely N-dealkylation sites (N-methyl/N-ethyl adjacent to an activating group) is 1. The number of hydrogen-bond acceptors (Lipinski definition) is 6. The first kappa shape index (κ1) is 20.1. The molecule has 28 heavy (non-hydrogen) atoms. The van der Waals surface area contributed by atoms with E-state index in [1.807, 2.05) is 0 Å². The van der Waals surface area contributed by atoms with E-state index in [4.69, 9.17) is 4.74 Å². The van der Waals surface area contributed by atoms with Crippen molar-refractivity contribution in [3.8, 4) is 5.75 Å². The lowest BCUT2D eigenvalue weighted by Crippen LogP contribution is -2.46. The number of nitrogens with one attached hydrogen (secondary N) is 1. The lowest BCUT2D eigenvalue weighted by atomic mass is 9.92. The smallest absolute Gasteiger partial charge is 0.325 e. The Labute approximate surface area is 163 Å². The fourth-order valence-electron chi connectivity index (χ4n) is 3.49. The number of ether oxygens (including phenoxy) is 1. The second-order valence-corrected chi connectivity index (χ2v) is 9.47. The monoisotopic (exact) mass is 409 g/mol. The summed E-state index contributed by atoms with van der Waals surface area (Å²) in [5, 5.41) is 2.64. The number of carbonyl (C=O) groups is 3. The second-order valence-electron chi connectivity index (χ2n) is 7.24.